The number of furan rings is 1. The number of hydrogen-bond donors (Lipinski definition) is 0. The number of rotatable bonds is 4. The van der Waals surface area contributed by atoms with Crippen molar-refractivity contribution in [3.63, 3.8) is 0 Å². The van der Waals surface area contributed by atoms with Gasteiger partial charge in [0.2, 0.25) is 5.95 Å². The molecule has 8 aromatic carbocycles. The third-order valence-corrected chi connectivity index (χ3v) is 12.0. The van der Waals surface area contributed by atoms with E-state index in [-0.39, 0.29) is 0 Å². The van der Waals surface area contributed by atoms with E-state index in [9.17, 15) is 0 Å². The lowest BCUT2D eigenvalue weighted by Gasteiger charge is -2.15. The molecule has 0 radical (unpaired) electrons. The highest BCUT2D eigenvalue weighted by Crippen LogP contribution is 2.47. The number of aryl methyl sites for hydroxylation is 1. The van der Waals surface area contributed by atoms with E-state index in [1.165, 1.54) is 43.3 Å². The molecule has 0 N–H and O–H groups in total. The molecule has 0 spiro atoms. The van der Waals surface area contributed by atoms with Gasteiger partial charge in [-0.1, -0.05) is 140 Å². The van der Waals surface area contributed by atoms with Crippen LogP contribution in [0.1, 0.15) is 17.7 Å². The van der Waals surface area contributed by atoms with Crippen LogP contribution < -0.4 is 0 Å². The number of fused-ring (bicyclic) bond motifs is 10. The Morgan fingerprint density at radius 1 is 0.474 bits per heavy atom. The van der Waals surface area contributed by atoms with Crippen molar-refractivity contribution in [2.75, 3.05) is 0 Å². The lowest BCUT2D eigenvalue weighted by Crippen LogP contribution is -2.09. The van der Waals surface area contributed by atoms with Gasteiger partial charge >= 0.3 is 0 Å². The highest BCUT2D eigenvalue weighted by molar-refractivity contribution is 6.34. The van der Waals surface area contributed by atoms with Crippen LogP contribution in [0.4, 0.5) is 0 Å². The quantitative estimate of drug-likeness (QED) is 0.169. The van der Waals surface area contributed by atoms with Gasteiger partial charge in [-0.2, -0.15) is 9.97 Å². The molecule has 57 heavy (non-hydrogen) atoms. The van der Waals surface area contributed by atoms with Crippen molar-refractivity contribution in [1.29, 1.82) is 0 Å². The molecule has 12 aromatic rings. The highest BCUT2D eigenvalue weighted by atomic mass is 16.3. The van der Waals surface area contributed by atoms with Crippen LogP contribution in [0.15, 0.2) is 162 Å². The molecule has 4 aromatic heterocycles. The maximum Gasteiger partial charge on any atom is 0.238 e. The Morgan fingerprint density at radius 3 is 1.84 bits per heavy atom. The topological polar surface area (TPSA) is 61.7 Å². The predicted molar refractivity (Wildman–Crippen MR) is 233 cm³/mol. The fourth-order valence-electron chi connectivity index (χ4n) is 9.60. The molecule has 1 aliphatic rings. The van der Waals surface area contributed by atoms with Gasteiger partial charge in [-0.25, -0.2) is 4.98 Å². The Hall–Kier alpha value is -7.57. The molecule has 0 saturated heterocycles. The molecule has 0 atom stereocenters. The van der Waals surface area contributed by atoms with Crippen molar-refractivity contribution in [3.8, 4) is 34.4 Å². The van der Waals surface area contributed by atoms with Crippen LogP contribution in [-0.4, -0.2) is 24.1 Å². The second-order valence-corrected chi connectivity index (χ2v) is 15.0. The second-order valence-electron chi connectivity index (χ2n) is 15.0. The summed E-state index contributed by atoms with van der Waals surface area (Å²) in [5, 5.41) is 10.7. The van der Waals surface area contributed by atoms with Crippen LogP contribution in [0.3, 0.4) is 0 Å². The van der Waals surface area contributed by atoms with E-state index in [4.69, 9.17) is 19.4 Å². The number of allylic oxidation sites excluding steroid dienone is 1. The lowest BCUT2D eigenvalue weighted by molar-refractivity contribution is 0.667. The minimum Gasteiger partial charge on any atom is -0.454 e. The van der Waals surface area contributed by atoms with Crippen LogP contribution in [0, 0.1) is 0 Å². The Kier molecular flexibility index (Phi) is 6.19. The summed E-state index contributed by atoms with van der Waals surface area (Å²) in [6.45, 7) is 0. The van der Waals surface area contributed by atoms with Crippen molar-refractivity contribution in [2.24, 2.45) is 0 Å². The zero-order valence-corrected chi connectivity index (χ0v) is 30.6. The van der Waals surface area contributed by atoms with Gasteiger partial charge in [-0.15, -0.1) is 0 Å². The molecule has 0 fully saturated rings. The molecule has 0 bridgehead atoms. The summed E-state index contributed by atoms with van der Waals surface area (Å²) in [6, 6.07) is 53.5. The maximum absolute atomic E-state index is 7.00. The van der Waals surface area contributed by atoms with Gasteiger partial charge in [-0.3, -0.25) is 4.57 Å². The largest absolute Gasteiger partial charge is 0.454 e. The van der Waals surface area contributed by atoms with Gasteiger partial charge in [-0.05, 0) is 64.2 Å². The van der Waals surface area contributed by atoms with Crippen molar-refractivity contribution >= 4 is 82.3 Å². The molecular weight excluding hydrogens is 699 g/mol. The summed E-state index contributed by atoms with van der Waals surface area (Å²) >= 11 is 0. The first-order valence-corrected chi connectivity index (χ1v) is 19.5. The molecular formula is C51H31N5O. The first kappa shape index (κ1) is 30.7. The van der Waals surface area contributed by atoms with E-state index in [1.54, 1.807) is 0 Å². The molecule has 6 nitrogen and oxygen atoms in total. The highest BCUT2D eigenvalue weighted by Gasteiger charge is 2.28. The zero-order valence-electron chi connectivity index (χ0n) is 30.6. The molecule has 13 rings (SSSR count). The van der Waals surface area contributed by atoms with E-state index in [0.717, 1.165) is 73.8 Å². The Morgan fingerprint density at radius 2 is 1.09 bits per heavy atom. The van der Waals surface area contributed by atoms with Gasteiger partial charge in [0.05, 0.1) is 27.9 Å². The minimum atomic E-state index is 0.588. The molecule has 4 heterocycles. The van der Waals surface area contributed by atoms with Crippen LogP contribution in [0.2, 0.25) is 0 Å². The average molecular weight is 730 g/mol. The van der Waals surface area contributed by atoms with Gasteiger partial charge in [0.15, 0.2) is 17.2 Å². The van der Waals surface area contributed by atoms with Gasteiger partial charge in [0, 0.05) is 38.1 Å². The zero-order chi connectivity index (χ0) is 37.2. The summed E-state index contributed by atoms with van der Waals surface area (Å²) in [4.78, 5) is 15.7. The fraction of sp³-hybridized carbons (Fsp3) is 0.0392. The van der Waals surface area contributed by atoms with Crippen molar-refractivity contribution in [3.05, 3.63) is 169 Å². The molecule has 0 saturated carbocycles. The lowest BCUT2D eigenvalue weighted by atomic mass is 9.94. The van der Waals surface area contributed by atoms with Gasteiger partial charge in [0.1, 0.15) is 5.58 Å². The number of hydrogen-bond acceptors (Lipinski definition) is 4. The number of para-hydroxylation sites is 1. The molecule has 0 aliphatic heterocycles. The number of aromatic nitrogens is 5. The van der Waals surface area contributed by atoms with Crippen LogP contribution in [0.5, 0.6) is 0 Å². The van der Waals surface area contributed by atoms with Crippen LogP contribution >= 0.6 is 0 Å². The molecule has 1 aliphatic carbocycles. The first-order valence-electron chi connectivity index (χ1n) is 19.5. The summed E-state index contributed by atoms with van der Waals surface area (Å²) in [5.74, 6) is 1.85. The normalized spacial score (nSPS) is 13.1. The molecule has 0 unspecified atom stereocenters. The minimum absolute atomic E-state index is 0.588. The monoisotopic (exact) mass is 729 g/mol. The predicted octanol–water partition coefficient (Wildman–Crippen LogP) is 12.8. The third-order valence-electron chi connectivity index (χ3n) is 12.0. The Bertz CT molecular complexity index is 3570. The Labute approximate surface area is 325 Å². The standard InChI is InChI=1S/C51H31N5O/c1-3-14-30(15-4-1)49-52-50(31-16-5-2-6-17-31)54-51(53-49)56-41-24-12-10-21-35(41)39-27-26-38-34-20-9-11-23-40(34)55(46(38)47(39)56)42-29-28-37-33-19-8-7-18-32(33)36-22-13-25-43-44(36)45(37)48(42)57-43/h1-9,11-20,22-29H,10,21H2. The molecule has 0 amide bonds. The van der Waals surface area contributed by atoms with E-state index >= 15 is 0 Å². The summed E-state index contributed by atoms with van der Waals surface area (Å²) in [7, 11) is 0. The van der Waals surface area contributed by atoms with Crippen molar-refractivity contribution in [2.45, 2.75) is 12.8 Å². The number of nitrogens with zero attached hydrogens (tertiary/aromatic N) is 5. The van der Waals surface area contributed by atoms with Crippen molar-refractivity contribution in [1.82, 2.24) is 24.1 Å². The van der Waals surface area contributed by atoms with E-state index in [0.29, 0.717) is 17.6 Å². The summed E-state index contributed by atoms with van der Waals surface area (Å²) < 4.78 is 11.7. The Balaban J connectivity index is 1.20. The van der Waals surface area contributed by atoms with E-state index < -0.39 is 0 Å². The molecule has 6 heteroatoms. The van der Waals surface area contributed by atoms with Gasteiger partial charge < -0.3 is 8.98 Å². The fourth-order valence-corrected chi connectivity index (χ4v) is 9.60. The average Bonchev–Trinajstić information content (AvgIpc) is 3.95. The number of benzene rings is 8. The van der Waals surface area contributed by atoms with Crippen LogP contribution in [0.25, 0.3) is 117 Å². The van der Waals surface area contributed by atoms with Gasteiger partial charge in [0.25, 0.3) is 0 Å². The SMILES string of the molecule is C1=Cc2c(c3ccc4c5ccccc5n(-c5ccc6c7ccccc7c7cccc8oc5c6c87)c4c3n2-c2nc(-c3ccccc3)nc(-c3ccccc3)n2)CC1. The first-order chi connectivity index (χ1) is 28.3. The smallest absolute Gasteiger partial charge is 0.238 e. The third kappa shape index (κ3) is 4.21. The van der Waals surface area contributed by atoms with E-state index in [1.807, 2.05) is 36.4 Å². The molecule has 266 valence electrons. The maximum atomic E-state index is 7.00. The van der Waals surface area contributed by atoms with Crippen molar-refractivity contribution < 1.29 is 4.42 Å². The van der Waals surface area contributed by atoms with E-state index in [2.05, 4.69) is 137 Å². The second kappa shape index (κ2) is 11.5. The summed E-state index contributed by atoms with van der Waals surface area (Å²) in [6.07, 6.45) is 6.42. The van der Waals surface area contributed by atoms with Crippen LogP contribution in [-0.2, 0) is 6.42 Å². The summed E-state index contributed by atoms with van der Waals surface area (Å²) in [5.41, 5.74) is 10.3.